The fourth-order valence-corrected chi connectivity index (χ4v) is 3.15. The van der Waals surface area contributed by atoms with Crippen molar-refractivity contribution in [1.29, 1.82) is 0 Å². The zero-order valence-electron chi connectivity index (χ0n) is 13.4. The summed E-state index contributed by atoms with van der Waals surface area (Å²) in [6, 6.07) is 7.54. The van der Waals surface area contributed by atoms with Crippen molar-refractivity contribution in [3.05, 3.63) is 40.7 Å². The first kappa shape index (κ1) is 16.0. The molecule has 6 heteroatoms. The fraction of sp³-hybridized carbons (Fsp3) is 0.471. The van der Waals surface area contributed by atoms with Crippen LogP contribution in [0, 0.1) is 12.8 Å². The van der Waals surface area contributed by atoms with Gasteiger partial charge in [-0.25, -0.2) is 4.68 Å². The van der Waals surface area contributed by atoms with E-state index in [1.807, 2.05) is 19.1 Å². The van der Waals surface area contributed by atoms with Crippen LogP contribution in [0.4, 0.5) is 0 Å². The van der Waals surface area contributed by atoms with E-state index in [4.69, 9.17) is 11.6 Å². The van der Waals surface area contributed by atoms with E-state index < -0.39 is 0 Å². The highest BCUT2D eigenvalue weighted by Gasteiger charge is 2.23. The van der Waals surface area contributed by atoms with Gasteiger partial charge in [0.05, 0.1) is 11.4 Å². The van der Waals surface area contributed by atoms with Crippen LogP contribution in [0.3, 0.4) is 0 Å². The molecule has 1 aliphatic carbocycles. The molecule has 0 radical (unpaired) electrons. The monoisotopic (exact) mass is 332 g/mol. The maximum Gasteiger partial charge on any atom is 0.273 e. The molecule has 2 aromatic rings. The first-order chi connectivity index (χ1) is 11.0. The standard InChI is InChI=1S/C17H21ClN4O/c1-11-3-7-14(8-4-11)19-17(23)16-12(2)22(21-20-16)15-9-5-13(18)6-10-15/h5-6,9-11,14H,3-4,7-8H2,1-2H3,(H,19,23). The lowest BCUT2D eigenvalue weighted by molar-refractivity contribution is 0.0917. The zero-order chi connectivity index (χ0) is 16.4. The molecule has 1 aliphatic rings. The van der Waals surface area contributed by atoms with E-state index >= 15 is 0 Å². The molecule has 23 heavy (non-hydrogen) atoms. The van der Waals surface area contributed by atoms with Gasteiger partial charge >= 0.3 is 0 Å². The van der Waals surface area contributed by atoms with Crippen LogP contribution in [0.2, 0.25) is 5.02 Å². The molecule has 1 N–H and O–H groups in total. The summed E-state index contributed by atoms with van der Waals surface area (Å²) in [4.78, 5) is 12.5. The molecule has 0 spiro atoms. The average Bonchev–Trinajstić information content (AvgIpc) is 2.92. The number of amides is 1. The molecule has 0 unspecified atom stereocenters. The van der Waals surface area contributed by atoms with Gasteiger partial charge in [0.25, 0.3) is 5.91 Å². The van der Waals surface area contributed by atoms with Crippen molar-refractivity contribution in [2.24, 2.45) is 5.92 Å². The van der Waals surface area contributed by atoms with Gasteiger partial charge in [-0.15, -0.1) is 5.10 Å². The molecule has 122 valence electrons. The predicted octanol–water partition coefficient (Wildman–Crippen LogP) is 3.54. The van der Waals surface area contributed by atoms with E-state index in [2.05, 4.69) is 22.6 Å². The highest BCUT2D eigenvalue weighted by Crippen LogP contribution is 2.24. The van der Waals surface area contributed by atoms with Crippen molar-refractivity contribution >= 4 is 17.5 Å². The maximum atomic E-state index is 12.5. The fourth-order valence-electron chi connectivity index (χ4n) is 3.02. The Bertz CT molecular complexity index is 687. The Balaban J connectivity index is 1.73. The minimum Gasteiger partial charge on any atom is -0.348 e. The Hall–Kier alpha value is -1.88. The van der Waals surface area contributed by atoms with Crippen LogP contribution < -0.4 is 5.32 Å². The number of nitrogens with one attached hydrogen (secondary N) is 1. The van der Waals surface area contributed by atoms with Gasteiger partial charge in [0.1, 0.15) is 0 Å². The van der Waals surface area contributed by atoms with Crippen LogP contribution in [0.25, 0.3) is 5.69 Å². The minimum atomic E-state index is -0.137. The lowest BCUT2D eigenvalue weighted by Crippen LogP contribution is -2.37. The topological polar surface area (TPSA) is 59.8 Å². The van der Waals surface area contributed by atoms with Crippen molar-refractivity contribution in [2.45, 2.75) is 45.6 Å². The number of rotatable bonds is 3. The van der Waals surface area contributed by atoms with Crippen LogP contribution >= 0.6 is 11.6 Å². The second-order valence-corrected chi connectivity index (χ2v) is 6.78. The van der Waals surface area contributed by atoms with E-state index in [9.17, 15) is 4.79 Å². The molecular formula is C17H21ClN4O. The van der Waals surface area contributed by atoms with E-state index in [0.717, 1.165) is 30.1 Å². The van der Waals surface area contributed by atoms with Gasteiger partial charge in [0.2, 0.25) is 0 Å². The highest BCUT2D eigenvalue weighted by molar-refractivity contribution is 6.30. The molecule has 1 fully saturated rings. The highest BCUT2D eigenvalue weighted by atomic mass is 35.5. The van der Waals surface area contributed by atoms with Gasteiger partial charge in [-0.1, -0.05) is 23.7 Å². The number of hydrogen-bond acceptors (Lipinski definition) is 3. The number of aromatic nitrogens is 3. The van der Waals surface area contributed by atoms with Crippen molar-refractivity contribution in [3.63, 3.8) is 0 Å². The van der Waals surface area contributed by atoms with E-state index in [1.165, 1.54) is 12.8 Å². The molecule has 1 amide bonds. The first-order valence-electron chi connectivity index (χ1n) is 8.03. The third kappa shape index (κ3) is 3.55. The van der Waals surface area contributed by atoms with Crippen molar-refractivity contribution in [2.75, 3.05) is 0 Å². The Labute approximate surface area is 141 Å². The van der Waals surface area contributed by atoms with Crippen molar-refractivity contribution in [3.8, 4) is 5.69 Å². The molecule has 0 bridgehead atoms. The van der Waals surface area contributed by atoms with Crippen LogP contribution in [-0.4, -0.2) is 26.9 Å². The van der Waals surface area contributed by atoms with E-state index in [1.54, 1.807) is 16.8 Å². The predicted molar refractivity (Wildman–Crippen MR) is 90.0 cm³/mol. The first-order valence-corrected chi connectivity index (χ1v) is 8.41. The Morgan fingerprint density at radius 2 is 1.87 bits per heavy atom. The lowest BCUT2D eigenvalue weighted by atomic mass is 9.87. The summed E-state index contributed by atoms with van der Waals surface area (Å²) < 4.78 is 1.66. The van der Waals surface area contributed by atoms with Crippen molar-refractivity contribution < 1.29 is 4.79 Å². The lowest BCUT2D eigenvalue weighted by Gasteiger charge is -2.26. The zero-order valence-corrected chi connectivity index (χ0v) is 14.2. The van der Waals surface area contributed by atoms with E-state index in [0.29, 0.717) is 10.7 Å². The second-order valence-electron chi connectivity index (χ2n) is 6.34. The van der Waals surface area contributed by atoms with Crippen LogP contribution in [0.15, 0.2) is 24.3 Å². The third-order valence-corrected chi connectivity index (χ3v) is 4.78. The number of hydrogen-bond donors (Lipinski definition) is 1. The largest absolute Gasteiger partial charge is 0.348 e. The Kier molecular flexibility index (Phi) is 4.66. The quantitative estimate of drug-likeness (QED) is 0.935. The summed E-state index contributed by atoms with van der Waals surface area (Å²) >= 11 is 5.90. The SMILES string of the molecule is Cc1c(C(=O)NC2CCC(C)CC2)nnn1-c1ccc(Cl)cc1. The van der Waals surface area contributed by atoms with Gasteiger partial charge < -0.3 is 5.32 Å². The average molecular weight is 333 g/mol. The maximum absolute atomic E-state index is 12.5. The summed E-state index contributed by atoms with van der Waals surface area (Å²) in [6.07, 6.45) is 4.41. The van der Waals surface area contributed by atoms with Crippen LogP contribution in [0.1, 0.15) is 48.8 Å². The molecule has 5 nitrogen and oxygen atoms in total. The van der Waals surface area contributed by atoms with E-state index in [-0.39, 0.29) is 11.9 Å². The third-order valence-electron chi connectivity index (χ3n) is 4.53. The van der Waals surface area contributed by atoms with Gasteiger partial charge in [-0.2, -0.15) is 0 Å². The number of nitrogens with zero attached hydrogens (tertiary/aromatic N) is 3. The van der Waals surface area contributed by atoms with Gasteiger partial charge in [-0.05, 0) is 62.8 Å². The molecule has 1 aromatic heterocycles. The number of carbonyl (C=O) groups is 1. The number of halogens is 1. The number of benzene rings is 1. The summed E-state index contributed by atoms with van der Waals surface area (Å²) in [7, 11) is 0. The molecular weight excluding hydrogens is 312 g/mol. The molecule has 0 atom stereocenters. The van der Waals surface area contributed by atoms with Crippen LogP contribution in [-0.2, 0) is 0 Å². The second kappa shape index (κ2) is 6.71. The normalized spacial score (nSPS) is 21.2. The summed E-state index contributed by atoms with van der Waals surface area (Å²) in [5.41, 5.74) is 1.96. The summed E-state index contributed by atoms with van der Waals surface area (Å²) in [6.45, 7) is 4.12. The Morgan fingerprint density at radius 1 is 1.22 bits per heavy atom. The number of carbonyl (C=O) groups excluding carboxylic acids is 1. The van der Waals surface area contributed by atoms with Gasteiger partial charge in [0, 0.05) is 11.1 Å². The molecule has 1 saturated carbocycles. The molecule has 0 saturated heterocycles. The van der Waals surface area contributed by atoms with Crippen LogP contribution in [0.5, 0.6) is 0 Å². The van der Waals surface area contributed by atoms with Gasteiger partial charge in [-0.3, -0.25) is 4.79 Å². The Morgan fingerprint density at radius 3 is 2.52 bits per heavy atom. The van der Waals surface area contributed by atoms with Gasteiger partial charge in [0.15, 0.2) is 5.69 Å². The molecule has 0 aliphatic heterocycles. The molecule has 1 aromatic carbocycles. The summed E-state index contributed by atoms with van der Waals surface area (Å²) in [5, 5.41) is 11.9. The summed E-state index contributed by atoms with van der Waals surface area (Å²) in [5.74, 6) is 0.623. The molecule has 1 heterocycles. The van der Waals surface area contributed by atoms with Crippen molar-refractivity contribution in [1.82, 2.24) is 20.3 Å². The molecule has 3 rings (SSSR count). The minimum absolute atomic E-state index is 0.137. The smallest absolute Gasteiger partial charge is 0.273 e.